The Labute approximate surface area is 112 Å². The van der Waals surface area contributed by atoms with Crippen LogP contribution in [0.15, 0.2) is 24.3 Å². The Hall–Kier alpha value is 0.210. The van der Waals surface area contributed by atoms with Crippen LogP contribution in [0.4, 0.5) is 0 Å². The first-order valence-electron chi connectivity index (χ1n) is 5.69. The topological polar surface area (TPSA) is 0 Å². The minimum absolute atomic E-state index is 0.170. The van der Waals surface area contributed by atoms with E-state index in [0.29, 0.717) is 4.58 Å². The Morgan fingerprint density at radius 2 is 1.88 bits per heavy atom. The third-order valence-corrected chi connectivity index (χ3v) is 6.16. The predicted molar refractivity (Wildman–Crippen MR) is 77.7 cm³/mol. The number of alkyl halides is 1. The first-order chi connectivity index (χ1) is 7.75. The highest BCUT2D eigenvalue weighted by atomic mass is 35.5. The van der Waals surface area contributed by atoms with E-state index < -0.39 is 0 Å². The molecule has 0 spiro atoms. The molecule has 1 atom stereocenters. The molecule has 0 nitrogen and oxygen atoms in total. The molecular formula is C13H17ClS2. The lowest BCUT2D eigenvalue weighted by molar-refractivity contribution is 0.860. The zero-order valence-electron chi connectivity index (χ0n) is 9.49. The van der Waals surface area contributed by atoms with Gasteiger partial charge in [-0.25, -0.2) is 0 Å². The molecule has 0 saturated carbocycles. The zero-order chi connectivity index (χ0) is 11.4. The van der Waals surface area contributed by atoms with Gasteiger partial charge in [0.25, 0.3) is 0 Å². The SMILES string of the molecule is Cc1ccc(C(Cl)CC2SCCCS2)cc1. The van der Waals surface area contributed by atoms with Gasteiger partial charge in [-0.15, -0.1) is 35.1 Å². The Bertz CT molecular complexity index is 317. The van der Waals surface area contributed by atoms with E-state index in [4.69, 9.17) is 11.6 Å². The molecule has 88 valence electrons. The molecule has 1 unspecified atom stereocenters. The van der Waals surface area contributed by atoms with Crippen molar-refractivity contribution in [3.05, 3.63) is 35.4 Å². The maximum Gasteiger partial charge on any atom is 0.0603 e. The van der Waals surface area contributed by atoms with E-state index in [1.807, 2.05) is 0 Å². The fourth-order valence-electron chi connectivity index (χ4n) is 1.75. The summed E-state index contributed by atoms with van der Waals surface area (Å²) in [6, 6.07) is 8.61. The molecule has 1 aromatic rings. The fraction of sp³-hybridized carbons (Fsp3) is 0.538. The molecule has 0 aromatic heterocycles. The third-order valence-electron chi connectivity index (χ3n) is 2.73. The Morgan fingerprint density at radius 1 is 1.25 bits per heavy atom. The molecule has 1 aromatic carbocycles. The van der Waals surface area contributed by atoms with Crippen molar-refractivity contribution < 1.29 is 0 Å². The molecule has 3 heteroatoms. The number of rotatable bonds is 3. The van der Waals surface area contributed by atoms with Crippen LogP contribution in [0.5, 0.6) is 0 Å². The number of thioether (sulfide) groups is 2. The van der Waals surface area contributed by atoms with Crippen LogP contribution in [-0.2, 0) is 0 Å². The average molecular weight is 273 g/mol. The van der Waals surface area contributed by atoms with Crippen LogP contribution in [0.3, 0.4) is 0 Å². The van der Waals surface area contributed by atoms with Gasteiger partial charge in [-0.1, -0.05) is 29.8 Å². The van der Waals surface area contributed by atoms with Gasteiger partial charge in [0, 0.05) is 0 Å². The van der Waals surface area contributed by atoms with E-state index in [1.54, 1.807) is 0 Å². The van der Waals surface area contributed by atoms with Gasteiger partial charge in [-0.05, 0) is 36.8 Å². The van der Waals surface area contributed by atoms with E-state index in [0.717, 1.165) is 6.42 Å². The number of hydrogen-bond donors (Lipinski definition) is 0. The molecule has 1 aliphatic heterocycles. The van der Waals surface area contributed by atoms with Crippen molar-refractivity contribution in [1.29, 1.82) is 0 Å². The summed E-state index contributed by atoms with van der Waals surface area (Å²) in [5.74, 6) is 2.60. The van der Waals surface area contributed by atoms with Crippen LogP contribution >= 0.6 is 35.1 Å². The molecule has 16 heavy (non-hydrogen) atoms. The van der Waals surface area contributed by atoms with Gasteiger partial charge in [0.1, 0.15) is 0 Å². The van der Waals surface area contributed by atoms with Crippen LogP contribution in [-0.4, -0.2) is 16.1 Å². The number of benzene rings is 1. The number of halogens is 1. The minimum Gasteiger partial charge on any atom is -0.148 e. The normalized spacial score (nSPS) is 19.6. The highest BCUT2D eigenvalue weighted by molar-refractivity contribution is 8.17. The van der Waals surface area contributed by atoms with E-state index in [1.165, 1.54) is 29.1 Å². The maximum absolute atomic E-state index is 6.47. The molecular weight excluding hydrogens is 256 g/mol. The summed E-state index contributed by atoms with van der Waals surface area (Å²) in [4.78, 5) is 0. The van der Waals surface area contributed by atoms with Gasteiger partial charge in [0.05, 0.1) is 9.96 Å². The Kier molecular flexibility index (Phi) is 4.93. The summed E-state index contributed by atoms with van der Waals surface area (Å²) in [6.07, 6.45) is 2.43. The molecule has 1 saturated heterocycles. The van der Waals surface area contributed by atoms with E-state index in [-0.39, 0.29) is 5.38 Å². The van der Waals surface area contributed by atoms with Crippen LogP contribution in [0.25, 0.3) is 0 Å². The summed E-state index contributed by atoms with van der Waals surface area (Å²) in [5.41, 5.74) is 2.56. The van der Waals surface area contributed by atoms with E-state index in [2.05, 4.69) is 54.7 Å². The van der Waals surface area contributed by atoms with Crippen LogP contribution < -0.4 is 0 Å². The lowest BCUT2D eigenvalue weighted by Crippen LogP contribution is -2.09. The molecule has 0 amide bonds. The molecule has 2 rings (SSSR count). The second-order valence-electron chi connectivity index (χ2n) is 4.14. The van der Waals surface area contributed by atoms with E-state index in [9.17, 15) is 0 Å². The number of aryl methyl sites for hydroxylation is 1. The summed E-state index contributed by atoms with van der Waals surface area (Å²) in [6.45, 7) is 2.11. The van der Waals surface area contributed by atoms with Crippen LogP contribution in [0.1, 0.15) is 29.3 Å². The molecule has 0 aliphatic carbocycles. The number of hydrogen-bond acceptors (Lipinski definition) is 2. The van der Waals surface area contributed by atoms with E-state index >= 15 is 0 Å². The molecule has 0 radical (unpaired) electrons. The Morgan fingerprint density at radius 3 is 2.50 bits per heavy atom. The molecule has 0 N–H and O–H groups in total. The zero-order valence-corrected chi connectivity index (χ0v) is 11.9. The summed E-state index contributed by atoms with van der Waals surface area (Å²) < 4.78 is 0.692. The highest BCUT2D eigenvalue weighted by Gasteiger charge is 2.19. The van der Waals surface area contributed by atoms with Crippen LogP contribution in [0, 0.1) is 6.92 Å². The van der Waals surface area contributed by atoms with Gasteiger partial charge in [-0.2, -0.15) is 0 Å². The monoisotopic (exact) mass is 272 g/mol. The predicted octanol–water partition coefficient (Wildman–Crippen LogP) is 4.86. The van der Waals surface area contributed by atoms with Crippen molar-refractivity contribution >= 4 is 35.1 Å². The van der Waals surface area contributed by atoms with Crippen LogP contribution in [0.2, 0.25) is 0 Å². The quantitative estimate of drug-likeness (QED) is 0.721. The van der Waals surface area contributed by atoms with Gasteiger partial charge in [0.2, 0.25) is 0 Å². The fourth-order valence-corrected chi connectivity index (χ4v) is 5.24. The molecule has 0 bridgehead atoms. The maximum atomic E-state index is 6.47. The first-order valence-corrected chi connectivity index (χ1v) is 8.23. The average Bonchev–Trinajstić information content (AvgIpc) is 2.31. The minimum atomic E-state index is 0.170. The van der Waals surface area contributed by atoms with Gasteiger partial charge in [-0.3, -0.25) is 0 Å². The van der Waals surface area contributed by atoms with Gasteiger partial charge < -0.3 is 0 Å². The second-order valence-corrected chi connectivity index (χ2v) is 7.59. The second kappa shape index (κ2) is 6.23. The summed E-state index contributed by atoms with van der Waals surface area (Å²) in [5, 5.41) is 0.170. The lowest BCUT2D eigenvalue weighted by atomic mass is 10.1. The van der Waals surface area contributed by atoms with Crippen molar-refractivity contribution in [2.45, 2.75) is 29.7 Å². The summed E-state index contributed by atoms with van der Waals surface area (Å²) in [7, 11) is 0. The Balaban J connectivity index is 1.91. The van der Waals surface area contributed by atoms with Gasteiger partial charge in [0.15, 0.2) is 0 Å². The molecule has 1 heterocycles. The first kappa shape index (κ1) is 12.7. The molecule has 1 aliphatic rings. The van der Waals surface area contributed by atoms with Gasteiger partial charge >= 0.3 is 0 Å². The van der Waals surface area contributed by atoms with Crippen molar-refractivity contribution in [2.75, 3.05) is 11.5 Å². The largest absolute Gasteiger partial charge is 0.148 e. The lowest BCUT2D eigenvalue weighted by Gasteiger charge is -2.23. The van der Waals surface area contributed by atoms with Crippen molar-refractivity contribution in [2.24, 2.45) is 0 Å². The summed E-state index contributed by atoms with van der Waals surface area (Å²) >= 11 is 10.6. The smallest absolute Gasteiger partial charge is 0.0603 e. The molecule has 1 fully saturated rings. The highest BCUT2D eigenvalue weighted by Crippen LogP contribution is 2.38. The van der Waals surface area contributed by atoms with Crippen molar-refractivity contribution in [3.8, 4) is 0 Å². The van der Waals surface area contributed by atoms with Crippen molar-refractivity contribution in [1.82, 2.24) is 0 Å². The third kappa shape index (κ3) is 3.61. The van der Waals surface area contributed by atoms with Crippen molar-refractivity contribution in [3.63, 3.8) is 0 Å². The standard InChI is InChI=1S/C13H17ClS2/c1-10-3-5-11(6-4-10)12(14)9-13-15-7-2-8-16-13/h3-6,12-13H,2,7-9H2,1H3.